The van der Waals surface area contributed by atoms with Gasteiger partial charge in [-0.3, -0.25) is 0 Å². The monoisotopic (exact) mass is 265 g/mol. The van der Waals surface area contributed by atoms with Gasteiger partial charge in [-0.1, -0.05) is 73.7 Å². The van der Waals surface area contributed by atoms with Crippen LogP contribution in [0.3, 0.4) is 0 Å². The molecule has 1 nitrogen and oxygen atoms in total. The van der Waals surface area contributed by atoms with E-state index in [-0.39, 0.29) is 6.04 Å². The van der Waals surface area contributed by atoms with Crippen molar-refractivity contribution in [2.75, 3.05) is 6.54 Å². The van der Waals surface area contributed by atoms with Crippen molar-refractivity contribution in [3.05, 3.63) is 84.4 Å². The van der Waals surface area contributed by atoms with E-state index in [1.165, 1.54) is 11.1 Å². The van der Waals surface area contributed by atoms with Crippen molar-refractivity contribution < 1.29 is 0 Å². The lowest BCUT2D eigenvalue weighted by Crippen LogP contribution is -2.34. The maximum absolute atomic E-state index is 4.02. The van der Waals surface area contributed by atoms with E-state index in [2.05, 4.69) is 79.5 Å². The number of rotatable bonds is 7. The van der Waals surface area contributed by atoms with E-state index < -0.39 is 0 Å². The molecule has 1 heteroatoms. The smallest absolute Gasteiger partial charge is 0.0357 e. The fourth-order valence-electron chi connectivity index (χ4n) is 2.58. The summed E-state index contributed by atoms with van der Waals surface area (Å²) in [5.74, 6) is 0.307. The average Bonchev–Trinajstić information content (AvgIpc) is 2.53. The SMILES string of the molecule is C=CC(NCCC)C(c1ccccc1)c1ccccc1. The first kappa shape index (κ1) is 14.5. The molecule has 20 heavy (non-hydrogen) atoms. The minimum absolute atomic E-state index is 0.250. The van der Waals surface area contributed by atoms with Gasteiger partial charge in [0.2, 0.25) is 0 Å². The largest absolute Gasteiger partial charge is 0.310 e. The van der Waals surface area contributed by atoms with Gasteiger partial charge in [-0.2, -0.15) is 0 Å². The van der Waals surface area contributed by atoms with Crippen molar-refractivity contribution in [3.63, 3.8) is 0 Å². The van der Waals surface area contributed by atoms with E-state index in [1.807, 2.05) is 6.08 Å². The molecule has 2 aromatic carbocycles. The lowest BCUT2D eigenvalue weighted by atomic mass is 9.85. The lowest BCUT2D eigenvalue weighted by Gasteiger charge is -2.26. The van der Waals surface area contributed by atoms with Gasteiger partial charge in [0.1, 0.15) is 0 Å². The van der Waals surface area contributed by atoms with Gasteiger partial charge in [-0.05, 0) is 24.1 Å². The Bertz CT molecular complexity index is 464. The zero-order valence-corrected chi connectivity index (χ0v) is 12.1. The molecular formula is C19H23N. The topological polar surface area (TPSA) is 12.0 Å². The molecule has 104 valence electrons. The summed E-state index contributed by atoms with van der Waals surface area (Å²) in [7, 11) is 0. The van der Waals surface area contributed by atoms with Crippen molar-refractivity contribution in [3.8, 4) is 0 Å². The molecule has 2 rings (SSSR count). The summed E-state index contributed by atoms with van der Waals surface area (Å²) >= 11 is 0. The van der Waals surface area contributed by atoms with Gasteiger partial charge in [-0.15, -0.1) is 6.58 Å². The van der Waals surface area contributed by atoms with Gasteiger partial charge in [0.25, 0.3) is 0 Å². The van der Waals surface area contributed by atoms with Gasteiger partial charge in [-0.25, -0.2) is 0 Å². The van der Waals surface area contributed by atoms with Crippen LogP contribution < -0.4 is 5.32 Å². The molecule has 0 fully saturated rings. The minimum atomic E-state index is 0.250. The van der Waals surface area contributed by atoms with Gasteiger partial charge in [0, 0.05) is 12.0 Å². The van der Waals surface area contributed by atoms with Crippen LogP contribution in [0, 0.1) is 0 Å². The van der Waals surface area contributed by atoms with E-state index in [0.29, 0.717) is 5.92 Å². The number of hydrogen-bond donors (Lipinski definition) is 1. The second-order valence-electron chi connectivity index (χ2n) is 5.01. The third-order valence-corrected chi connectivity index (χ3v) is 3.56. The Morgan fingerprint density at radius 3 is 1.85 bits per heavy atom. The highest BCUT2D eigenvalue weighted by molar-refractivity contribution is 5.35. The summed E-state index contributed by atoms with van der Waals surface area (Å²) in [6.07, 6.45) is 3.15. The standard InChI is InChI=1S/C19H23N/c1-3-15-20-18(4-2)19(16-11-7-5-8-12-16)17-13-9-6-10-14-17/h4-14,18-20H,2-3,15H2,1H3. The predicted octanol–water partition coefficient (Wildman–Crippen LogP) is 4.37. The summed E-state index contributed by atoms with van der Waals surface area (Å²) in [4.78, 5) is 0. The van der Waals surface area contributed by atoms with Crippen LogP contribution in [0.1, 0.15) is 30.4 Å². The van der Waals surface area contributed by atoms with Crippen LogP contribution in [0.25, 0.3) is 0 Å². The van der Waals surface area contributed by atoms with Gasteiger partial charge in [0.05, 0.1) is 0 Å². The highest BCUT2D eigenvalue weighted by Gasteiger charge is 2.21. The summed E-state index contributed by atoms with van der Waals surface area (Å²) in [5.41, 5.74) is 2.65. The Morgan fingerprint density at radius 2 is 1.45 bits per heavy atom. The molecule has 0 heterocycles. The number of hydrogen-bond acceptors (Lipinski definition) is 1. The van der Waals surface area contributed by atoms with Crippen LogP contribution in [0.5, 0.6) is 0 Å². The summed E-state index contributed by atoms with van der Waals surface area (Å²) in [5, 5.41) is 3.60. The highest BCUT2D eigenvalue weighted by Crippen LogP contribution is 2.28. The summed E-state index contributed by atoms with van der Waals surface area (Å²) in [6.45, 7) is 7.22. The van der Waals surface area contributed by atoms with Crippen molar-refractivity contribution in [1.82, 2.24) is 5.32 Å². The number of nitrogens with one attached hydrogen (secondary N) is 1. The van der Waals surface area contributed by atoms with Crippen molar-refractivity contribution in [1.29, 1.82) is 0 Å². The maximum atomic E-state index is 4.02. The molecule has 2 aromatic rings. The van der Waals surface area contributed by atoms with Crippen LogP contribution in [0.2, 0.25) is 0 Å². The van der Waals surface area contributed by atoms with E-state index in [1.54, 1.807) is 0 Å². The molecule has 1 unspecified atom stereocenters. The molecule has 0 aromatic heterocycles. The van der Waals surface area contributed by atoms with E-state index >= 15 is 0 Å². The molecule has 0 aliphatic heterocycles. The zero-order valence-electron chi connectivity index (χ0n) is 12.1. The fourth-order valence-corrected chi connectivity index (χ4v) is 2.58. The molecule has 0 bridgehead atoms. The zero-order chi connectivity index (χ0) is 14.2. The molecule has 0 amide bonds. The molecule has 1 atom stereocenters. The van der Waals surface area contributed by atoms with E-state index in [0.717, 1.165) is 13.0 Å². The van der Waals surface area contributed by atoms with Crippen LogP contribution in [0.4, 0.5) is 0 Å². The molecule has 0 aliphatic carbocycles. The molecular weight excluding hydrogens is 242 g/mol. The van der Waals surface area contributed by atoms with Crippen LogP contribution >= 0.6 is 0 Å². The van der Waals surface area contributed by atoms with Gasteiger partial charge in [0.15, 0.2) is 0 Å². The first-order valence-corrected chi connectivity index (χ1v) is 7.32. The first-order valence-electron chi connectivity index (χ1n) is 7.32. The van der Waals surface area contributed by atoms with Crippen molar-refractivity contribution in [2.45, 2.75) is 25.3 Å². The van der Waals surface area contributed by atoms with E-state index in [9.17, 15) is 0 Å². The quantitative estimate of drug-likeness (QED) is 0.733. The minimum Gasteiger partial charge on any atom is -0.310 e. The third kappa shape index (κ3) is 3.58. The molecule has 0 saturated carbocycles. The predicted molar refractivity (Wildman–Crippen MR) is 87.0 cm³/mol. The third-order valence-electron chi connectivity index (χ3n) is 3.56. The van der Waals surface area contributed by atoms with Crippen molar-refractivity contribution in [2.24, 2.45) is 0 Å². The Kier molecular flexibility index (Phi) is 5.57. The summed E-state index contributed by atoms with van der Waals surface area (Å²) < 4.78 is 0. The van der Waals surface area contributed by atoms with Gasteiger partial charge < -0.3 is 5.32 Å². The van der Waals surface area contributed by atoms with E-state index in [4.69, 9.17) is 0 Å². The molecule has 0 radical (unpaired) electrons. The summed E-state index contributed by atoms with van der Waals surface area (Å²) in [6, 6.07) is 21.6. The molecule has 0 spiro atoms. The lowest BCUT2D eigenvalue weighted by molar-refractivity contribution is 0.539. The Labute approximate surface area is 122 Å². The second-order valence-corrected chi connectivity index (χ2v) is 5.01. The van der Waals surface area contributed by atoms with Crippen LogP contribution in [0.15, 0.2) is 73.3 Å². The maximum Gasteiger partial charge on any atom is 0.0357 e. The Balaban J connectivity index is 2.36. The molecule has 0 aliphatic rings. The normalized spacial score (nSPS) is 12.3. The Hall–Kier alpha value is -1.86. The number of benzene rings is 2. The van der Waals surface area contributed by atoms with Gasteiger partial charge >= 0.3 is 0 Å². The highest BCUT2D eigenvalue weighted by atomic mass is 14.9. The van der Waals surface area contributed by atoms with Crippen LogP contribution in [-0.2, 0) is 0 Å². The Morgan fingerprint density at radius 1 is 0.950 bits per heavy atom. The molecule has 0 saturated heterocycles. The second kappa shape index (κ2) is 7.66. The van der Waals surface area contributed by atoms with Crippen molar-refractivity contribution >= 4 is 0 Å². The first-order chi connectivity index (χ1) is 9.86. The van der Waals surface area contributed by atoms with Crippen LogP contribution in [-0.4, -0.2) is 12.6 Å². The molecule has 1 N–H and O–H groups in total. The average molecular weight is 265 g/mol. The fraction of sp³-hybridized carbons (Fsp3) is 0.263.